The van der Waals surface area contributed by atoms with Crippen molar-refractivity contribution in [1.82, 2.24) is 4.90 Å². The Labute approximate surface area is 95.2 Å². The third kappa shape index (κ3) is 2.75. The first-order chi connectivity index (χ1) is 7.13. The van der Waals surface area contributed by atoms with Crippen LogP contribution in [0.1, 0.15) is 59.3 Å². The molecule has 1 nitrogen and oxygen atoms in total. The molecule has 1 saturated carbocycles. The monoisotopic (exact) mass is 209 g/mol. The Morgan fingerprint density at radius 3 is 2.53 bits per heavy atom. The maximum absolute atomic E-state index is 2.80. The molecular formula is C14H27N. The Bertz CT molecular complexity index is 205. The molecule has 1 heterocycles. The maximum atomic E-state index is 2.80. The van der Waals surface area contributed by atoms with Gasteiger partial charge in [-0.05, 0) is 50.0 Å². The van der Waals surface area contributed by atoms with E-state index in [0.29, 0.717) is 5.41 Å². The highest BCUT2D eigenvalue weighted by atomic mass is 15.2. The molecular weight excluding hydrogens is 182 g/mol. The lowest BCUT2D eigenvalue weighted by atomic mass is 9.79. The summed E-state index contributed by atoms with van der Waals surface area (Å²) in [6, 6.07) is 0.873. The van der Waals surface area contributed by atoms with Crippen LogP contribution in [-0.4, -0.2) is 24.0 Å². The van der Waals surface area contributed by atoms with Gasteiger partial charge in [0.2, 0.25) is 0 Å². The molecule has 88 valence electrons. The average Bonchev–Trinajstić information content (AvgIpc) is 2.81. The molecule has 1 aliphatic heterocycles. The molecule has 1 saturated heterocycles. The first kappa shape index (κ1) is 11.4. The summed E-state index contributed by atoms with van der Waals surface area (Å²) in [5, 5.41) is 0. The Morgan fingerprint density at radius 2 is 1.93 bits per heavy atom. The van der Waals surface area contributed by atoms with Gasteiger partial charge in [0.05, 0.1) is 0 Å². The molecule has 2 aliphatic rings. The van der Waals surface area contributed by atoms with Crippen molar-refractivity contribution >= 4 is 0 Å². The van der Waals surface area contributed by atoms with Crippen molar-refractivity contribution < 1.29 is 0 Å². The van der Waals surface area contributed by atoms with Crippen LogP contribution in [0.25, 0.3) is 0 Å². The number of nitrogens with zero attached hydrogens (tertiary/aromatic N) is 1. The summed E-state index contributed by atoms with van der Waals surface area (Å²) in [6.07, 6.45) is 8.60. The van der Waals surface area contributed by atoms with E-state index in [1.54, 1.807) is 0 Å². The van der Waals surface area contributed by atoms with Crippen LogP contribution in [0.5, 0.6) is 0 Å². The zero-order valence-corrected chi connectivity index (χ0v) is 10.8. The van der Waals surface area contributed by atoms with Crippen molar-refractivity contribution in [3.63, 3.8) is 0 Å². The van der Waals surface area contributed by atoms with Crippen LogP contribution in [0.15, 0.2) is 0 Å². The third-order valence-electron chi connectivity index (χ3n) is 4.35. The molecule has 0 aromatic rings. The van der Waals surface area contributed by atoms with E-state index in [1.807, 2.05) is 0 Å². The lowest BCUT2D eigenvalue weighted by Crippen LogP contribution is -2.41. The first-order valence-electron chi connectivity index (χ1n) is 6.87. The van der Waals surface area contributed by atoms with Gasteiger partial charge < -0.3 is 0 Å². The maximum Gasteiger partial charge on any atom is 0.0147 e. The van der Waals surface area contributed by atoms with Crippen molar-refractivity contribution in [2.45, 2.75) is 65.3 Å². The van der Waals surface area contributed by atoms with Crippen LogP contribution in [-0.2, 0) is 0 Å². The molecule has 1 aliphatic carbocycles. The number of rotatable bonds is 5. The van der Waals surface area contributed by atoms with Gasteiger partial charge in [0.1, 0.15) is 0 Å². The molecule has 1 atom stereocenters. The summed E-state index contributed by atoms with van der Waals surface area (Å²) in [5.74, 6) is 1.06. The zero-order valence-electron chi connectivity index (χ0n) is 10.8. The van der Waals surface area contributed by atoms with Gasteiger partial charge >= 0.3 is 0 Å². The van der Waals surface area contributed by atoms with Gasteiger partial charge in [-0.1, -0.05) is 27.2 Å². The Kier molecular flexibility index (Phi) is 3.39. The van der Waals surface area contributed by atoms with Gasteiger partial charge in [0, 0.05) is 12.6 Å². The van der Waals surface area contributed by atoms with E-state index < -0.39 is 0 Å². The summed E-state index contributed by atoms with van der Waals surface area (Å²) in [5.41, 5.74) is 0.542. The van der Waals surface area contributed by atoms with Crippen molar-refractivity contribution in [1.29, 1.82) is 0 Å². The molecule has 0 aromatic heterocycles. The largest absolute Gasteiger partial charge is 0.300 e. The second kappa shape index (κ2) is 4.45. The highest BCUT2D eigenvalue weighted by Gasteiger charge is 2.38. The van der Waals surface area contributed by atoms with Gasteiger partial charge in [0.25, 0.3) is 0 Å². The number of likely N-dealkylation sites (tertiary alicyclic amines) is 1. The normalized spacial score (nSPS) is 28.6. The molecule has 15 heavy (non-hydrogen) atoms. The standard InChI is InChI=1S/C14H27N/c1-4-9-14(2,3)13-6-5-10-15(13)11-12-7-8-12/h12-13H,4-11H2,1-3H3/t13-/m0/s1. The predicted octanol–water partition coefficient (Wildman–Crippen LogP) is 3.69. The fourth-order valence-corrected chi connectivity index (χ4v) is 3.37. The molecule has 0 spiro atoms. The van der Waals surface area contributed by atoms with Gasteiger partial charge in [-0.25, -0.2) is 0 Å². The van der Waals surface area contributed by atoms with E-state index in [-0.39, 0.29) is 0 Å². The minimum absolute atomic E-state index is 0.542. The molecule has 0 N–H and O–H groups in total. The summed E-state index contributed by atoms with van der Waals surface area (Å²) in [7, 11) is 0. The van der Waals surface area contributed by atoms with Crippen molar-refractivity contribution in [2.24, 2.45) is 11.3 Å². The summed E-state index contributed by atoms with van der Waals surface area (Å²) >= 11 is 0. The van der Waals surface area contributed by atoms with E-state index >= 15 is 0 Å². The van der Waals surface area contributed by atoms with Crippen molar-refractivity contribution in [2.75, 3.05) is 13.1 Å². The number of hydrogen-bond donors (Lipinski definition) is 0. The lowest BCUT2D eigenvalue weighted by Gasteiger charge is -2.38. The Hall–Kier alpha value is -0.0400. The molecule has 0 amide bonds. The number of hydrogen-bond acceptors (Lipinski definition) is 1. The molecule has 0 radical (unpaired) electrons. The van der Waals surface area contributed by atoms with Crippen LogP contribution >= 0.6 is 0 Å². The van der Waals surface area contributed by atoms with Crippen molar-refractivity contribution in [3.8, 4) is 0 Å². The molecule has 0 aromatic carbocycles. The highest BCUT2D eigenvalue weighted by Crippen LogP contribution is 2.39. The SMILES string of the molecule is CCCC(C)(C)[C@@H]1CCCN1CC1CC1. The lowest BCUT2D eigenvalue weighted by molar-refractivity contribution is 0.112. The minimum Gasteiger partial charge on any atom is -0.300 e. The van der Waals surface area contributed by atoms with Crippen LogP contribution < -0.4 is 0 Å². The second-order valence-corrected chi connectivity index (χ2v) is 6.33. The van der Waals surface area contributed by atoms with Gasteiger partial charge in [-0.15, -0.1) is 0 Å². The summed E-state index contributed by atoms with van der Waals surface area (Å²) in [6.45, 7) is 10.0. The van der Waals surface area contributed by atoms with Crippen LogP contribution in [0.3, 0.4) is 0 Å². The van der Waals surface area contributed by atoms with Crippen molar-refractivity contribution in [3.05, 3.63) is 0 Å². The van der Waals surface area contributed by atoms with E-state index in [9.17, 15) is 0 Å². The summed E-state index contributed by atoms with van der Waals surface area (Å²) in [4.78, 5) is 2.80. The van der Waals surface area contributed by atoms with E-state index in [4.69, 9.17) is 0 Å². The molecule has 1 heteroatoms. The average molecular weight is 209 g/mol. The summed E-state index contributed by atoms with van der Waals surface area (Å²) < 4.78 is 0. The van der Waals surface area contributed by atoms with Crippen LogP contribution in [0, 0.1) is 11.3 Å². The van der Waals surface area contributed by atoms with E-state index in [0.717, 1.165) is 12.0 Å². The Balaban J connectivity index is 1.92. The molecule has 0 unspecified atom stereocenters. The quantitative estimate of drug-likeness (QED) is 0.667. The first-order valence-corrected chi connectivity index (χ1v) is 6.87. The van der Waals surface area contributed by atoms with E-state index in [2.05, 4.69) is 25.7 Å². The molecule has 0 bridgehead atoms. The van der Waals surface area contributed by atoms with Gasteiger partial charge in [-0.2, -0.15) is 0 Å². The minimum atomic E-state index is 0.542. The third-order valence-corrected chi connectivity index (χ3v) is 4.35. The van der Waals surface area contributed by atoms with Gasteiger partial charge in [-0.3, -0.25) is 4.90 Å². The Morgan fingerprint density at radius 1 is 1.20 bits per heavy atom. The second-order valence-electron chi connectivity index (χ2n) is 6.33. The molecule has 2 rings (SSSR count). The zero-order chi connectivity index (χ0) is 10.9. The van der Waals surface area contributed by atoms with Gasteiger partial charge in [0.15, 0.2) is 0 Å². The van der Waals surface area contributed by atoms with Crippen LogP contribution in [0.4, 0.5) is 0 Å². The smallest absolute Gasteiger partial charge is 0.0147 e. The van der Waals surface area contributed by atoms with Crippen LogP contribution in [0.2, 0.25) is 0 Å². The molecule has 2 fully saturated rings. The highest BCUT2D eigenvalue weighted by molar-refractivity contribution is 4.92. The topological polar surface area (TPSA) is 3.24 Å². The van der Waals surface area contributed by atoms with E-state index in [1.165, 1.54) is 51.6 Å². The predicted molar refractivity (Wildman–Crippen MR) is 66.0 cm³/mol. The fraction of sp³-hybridized carbons (Fsp3) is 1.00. The fourth-order valence-electron chi connectivity index (χ4n) is 3.37.